The number of para-hydroxylation sites is 2. The molecule has 7 nitrogen and oxygen atoms in total. The van der Waals surface area contributed by atoms with Crippen molar-refractivity contribution in [1.29, 1.82) is 0 Å². The van der Waals surface area contributed by atoms with E-state index in [1.165, 1.54) is 15.9 Å². The Morgan fingerprint density at radius 3 is 2.74 bits per heavy atom. The molecule has 1 N–H and O–H groups in total. The zero-order valence-corrected chi connectivity index (χ0v) is 16.0. The summed E-state index contributed by atoms with van der Waals surface area (Å²) in [6.07, 6.45) is 1.86. The molecule has 8 heteroatoms. The summed E-state index contributed by atoms with van der Waals surface area (Å²) in [6.45, 7) is 4.28. The van der Waals surface area contributed by atoms with E-state index in [-0.39, 0.29) is 5.69 Å². The molecular weight excluding hydrogens is 364 g/mol. The van der Waals surface area contributed by atoms with Gasteiger partial charge in [-0.1, -0.05) is 12.1 Å². The van der Waals surface area contributed by atoms with Gasteiger partial charge in [-0.3, -0.25) is 4.57 Å². The molecule has 142 valence electrons. The van der Waals surface area contributed by atoms with Crippen molar-refractivity contribution in [2.24, 2.45) is 5.92 Å². The average molecular weight is 386 g/mol. The number of amides is 1. The number of thiazole rings is 1. The van der Waals surface area contributed by atoms with Crippen molar-refractivity contribution >= 4 is 28.4 Å². The third-order valence-electron chi connectivity index (χ3n) is 4.91. The Bertz CT molecular complexity index is 1010. The first kappa shape index (κ1) is 17.9. The van der Waals surface area contributed by atoms with Crippen LogP contribution in [0.3, 0.4) is 0 Å². The molecule has 1 aliphatic heterocycles. The highest BCUT2D eigenvalue weighted by molar-refractivity contribution is 7.09. The summed E-state index contributed by atoms with van der Waals surface area (Å²) in [5, 5.41) is 5.67. The number of nitrogens with zero attached hydrogens (tertiary/aromatic N) is 3. The third kappa shape index (κ3) is 3.68. The van der Waals surface area contributed by atoms with Crippen molar-refractivity contribution in [1.82, 2.24) is 19.4 Å². The van der Waals surface area contributed by atoms with Crippen LogP contribution in [-0.2, 0) is 17.8 Å². The van der Waals surface area contributed by atoms with Gasteiger partial charge in [0.15, 0.2) is 0 Å². The minimum atomic E-state index is -0.424. The van der Waals surface area contributed by atoms with Crippen LogP contribution in [0.1, 0.15) is 23.5 Å². The fourth-order valence-corrected chi connectivity index (χ4v) is 4.12. The number of hydrogen-bond acceptors (Lipinski definition) is 5. The van der Waals surface area contributed by atoms with E-state index in [0.29, 0.717) is 24.5 Å². The topological polar surface area (TPSA) is 78.2 Å². The lowest BCUT2D eigenvalue weighted by Crippen LogP contribution is -2.37. The summed E-state index contributed by atoms with van der Waals surface area (Å²) < 4.78 is 8.36. The maximum Gasteiger partial charge on any atom is 0.337 e. The summed E-state index contributed by atoms with van der Waals surface area (Å²) in [5.41, 5.74) is 1.91. The second-order valence-corrected chi connectivity index (χ2v) is 7.85. The number of hydrogen-bond donors (Lipinski definition) is 1. The molecule has 0 aliphatic carbocycles. The summed E-state index contributed by atoms with van der Waals surface area (Å²) in [6, 6.07) is 7.01. The van der Waals surface area contributed by atoms with E-state index in [1.54, 1.807) is 4.57 Å². The van der Waals surface area contributed by atoms with Crippen LogP contribution in [0.25, 0.3) is 11.0 Å². The van der Waals surface area contributed by atoms with E-state index >= 15 is 0 Å². The Morgan fingerprint density at radius 1 is 1.30 bits per heavy atom. The molecule has 0 radical (unpaired) electrons. The first-order valence-corrected chi connectivity index (χ1v) is 9.98. The number of fused-ring (bicyclic) bond motifs is 1. The van der Waals surface area contributed by atoms with Crippen molar-refractivity contribution in [2.75, 3.05) is 13.2 Å². The van der Waals surface area contributed by atoms with Gasteiger partial charge in [0.25, 0.3) is 0 Å². The van der Waals surface area contributed by atoms with Crippen LogP contribution in [0.5, 0.6) is 0 Å². The van der Waals surface area contributed by atoms with Gasteiger partial charge in [-0.25, -0.2) is 19.1 Å². The van der Waals surface area contributed by atoms with Gasteiger partial charge in [-0.2, -0.15) is 0 Å². The number of benzene rings is 1. The minimum absolute atomic E-state index is 0.297. The van der Waals surface area contributed by atoms with E-state index in [0.717, 1.165) is 42.3 Å². The van der Waals surface area contributed by atoms with Gasteiger partial charge in [0.2, 0.25) is 0 Å². The highest BCUT2D eigenvalue weighted by Crippen LogP contribution is 2.20. The lowest BCUT2D eigenvalue weighted by atomic mass is 10.0. The van der Waals surface area contributed by atoms with Gasteiger partial charge in [0, 0.05) is 25.1 Å². The zero-order chi connectivity index (χ0) is 18.8. The Morgan fingerprint density at radius 2 is 2.04 bits per heavy atom. The Balaban J connectivity index is 1.62. The first-order chi connectivity index (χ1) is 13.1. The molecule has 1 fully saturated rings. The number of ether oxygens (including phenoxy) is 1. The van der Waals surface area contributed by atoms with E-state index in [1.807, 2.05) is 36.6 Å². The molecule has 4 rings (SSSR count). The Kier molecular flexibility index (Phi) is 5.09. The quantitative estimate of drug-likeness (QED) is 0.748. The monoisotopic (exact) mass is 386 g/mol. The predicted octanol–water partition coefficient (Wildman–Crippen LogP) is 2.75. The highest BCUT2D eigenvalue weighted by Gasteiger charge is 2.22. The van der Waals surface area contributed by atoms with Crippen LogP contribution in [0.15, 0.2) is 34.4 Å². The van der Waals surface area contributed by atoms with E-state index < -0.39 is 6.03 Å². The Labute approximate surface area is 160 Å². The van der Waals surface area contributed by atoms with Crippen molar-refractivity contribution in [3.63, 3.8) is 0 Å². The van der Waals surface area contributed by atoms with Crippen molar-refractivity contribution in [3.05, 3.63) is 50.8 Å². The van der Waals surface area contributed by atoms with Gasteiger partial charge < -0.3 is 10.1 Å². The number of carbonyl (C=O) groups excluding carboxylic acids is 1. The number of rotatable bonds is 4. The lowest BCUT2D eigenvalue weighted by Gasteiger charge is -2.22. The number of aromatic nitrogens is 3. The predicted molar refractivity (Wildman–Crippen MR) is 104 cm³/mol. The fraction of sp³-hybridized carbons (Fsp3) is 0.421. The van der Waals surface area contributed by atoms with Gasteiger partial charge >= 0.3 is 11.7 Å². The van der Waals surface area contributed by atoms with Crippen molar-refractivity contribution < 1.29 is 9.53 Å². The fourth-order valence-electron chi connectivity index (χ4n) is 3.50. The average Bonchev–Trinajstić information content (AvgIpc) is 3.22. The lowest BCUT2D eigenvalue weighted by molar-refractivity contribution is 0.0613. The number of nitrogens with one attached hydrogen (secondary N) is 1. The molecule has 0 saturated carbocycles. The second kappa shape index (κ2) is 7.66. The normalized spacial score (nSPS) is 15.3. The SMILES string of the molecule is Cc1nc(CNC(=O)n2c(=O)n(CC3CCOCC3)c3ccccc32)cs1. The van der Waals surface area contributed by atoms with Crippen LogP contribution < -0.4 is 11.0 Å². The molecular formula is C19H22N4O3S. The van der Waals surface area contributed by atoms with Gasteiger partial charge in [-0.15, -0.1) is 11.3 Å². The first-order valence-electron chi connectivity index (χ1n) is 9.10. The molecule has 27 heavy (non-hydrogen) atoms. The van der Waals surface area contributed by atoms with E-state index in [2.05, 4.69) is 10.3 Å². The van der Waals surface area contributed by atoms with Crippen LogP contribution in [-0.4, -0.2) is 33.4 Å². The second-order valence-electron chi connectivity index (χ2n) is 6.79. The molecule has 1 aromatic carbocycles. The molecule has 1 amide bonds. The summed E-state index contributed by atoms with van der Waals surface area (Å²) >= 11 is 1.54. The number of carbonyl (C=O) groups is 1. The minimum Gasteiger partial charge on any atom is -0.381 e. The molecule has 0 unspecified atom stereocenters. The molecule has 1 aliphatic rings. The maximum absolute atomic E-state index is 13.0. The Hall–Kier alpha value is -2.45. The molecule has 2 aromatic heterocycles. The van der Waals surface area contributed by atoms with Crippen molar-refractivity contribution in [2.45, 2.75) is 32.9 Å². The van der Waals surface area contributed by atoms with Crippen LogP contribution in [0, 0.1) is 12.8 Å². The molecule has 0 spiro atoms. The van der Waals surface area contributed by atoms with E-state index in [4.69, 9.17) is 4.74 Å². The molecule has 3 aromatic rings. The smallest absolute Gasteiger partial charge is 0.337 e. The van der Waals surface area contributed by atoms with Crippen molar-refractivity contribution in [3.8, 4) is 0 Å². The third-order valence-corrected chi connectivity index (χ3v) is 5.73. The van der Waals surface area contributed by atoms with Crippen LogP contribution in [0.2, 0.25) is 0 Å². The van der Waals surface area contributed by atoms with E-state index in [9.17, 15) is 9.59 Å². The summed E-state index contributed by atoms with van der Waals surface area (Å²) in [7, 11) is 0. The summed E-state index contributed by atoms with van der Waals surface area (Å²) in [4.78, 5) is 30.1. The molecule has 0 bridgehead atoms. The highest BCUT2D eigenvalue weighted by atomic mass is 32.1. The van der Waals surface area contributed by atoms with Gasteiger partial charge in [-0.05, 0) is 37.8 Å². The number of aryl methyl sites for hydroxylation is 1. The van der Waals surface area contributed by atoms with Crippen LogP contribution >= 0.6 is 11.3 Å². The van der Waals surface area contributed by atoms with Crippen LogP contribution in [0.4, 0.5) is 4.79 Å². The summed E-state index contributed by atoms with van der Waals surface area (Å²) in [5.74, 6) is 0.386. The molecule has 1 saturated heterocycles. The standard InChI is InChI=1S/C19H22N4O3S/c1-13-21-15(12-27-13)10-20-18(24)23-17-5-3-2-4-16(17)22(19(23)25)11-14-6-8-26-9-7-14/h2-5,12,14H,6-11H2,1H3,(H,20,24). The molecule has 0 atom stereocenters. The molecule has 3 heterocycles. The van der Waals surface area contributed by atoms with Gasteiger partial charge in [0.1, 0.15) is 0 Å². The number of imidazole rings is 1. The largest absolute Gasteiger partial charge is 0.381 e. The maximum atomic E-state index is 13.0. The zero-order valence-electron chi connectivity index (χ0n) is 15.2. The van der Waals surface area contributed by atoms with Gasteiger partial charge in [0.05, 0.1) is 28.3 Å².